The van der Waals surface area contributed by atoms with Crippen LogP contribution in [0.2, 0.25) is 10.0 Å². The summed E-state index contributed by atoms with van der Waals surface area (Å²) in [5.41, 5.74) is 6.70. The fraction of sp³-hybridized carbons (Fsp3) is 0. The van der Waals surface area contributed by atoms with E-state index in [1.54, 1.807) is 48.5 Å². The summed E-state index contributed by atoms with van der Waals surface area (Å²) in [5.74, 6) is -0.197. The number of rotatable bonds is 2. The molecule has 1 heterocycles. The summed E-state index contributed by atoms with van der Waals surface area (Å²) < 4.78 is 1.01. The predicted octanol–water partition coefficient (Wildman–Crippen LogP) is 3.52. The molecule has 2 aromatic carbocycles. The van der Waals surface area contributed by atoms with Gasteiger partial charge in [-0.1, -0.05) is 47.5 Å². The number of aromatic nitrogens is 3. The quantitative estimate of drug-likeness (QED) is 0.779. The molecule has 2 N–H and O–H groups in total. The highest BCUT2D eigenvalue weighted by Crippen LogP contribution is 2.26. The lowest BCUT2D eigenvalue weighted by molar-refractivity contribution is 0.0948. The molecule has 3 rings (SSSR count). The molecule has 0 spiro atoms. The van der Waals surface area contributed by atoms with Crippen LogP contribution in [0, 0.1) is 0 Å². The number of hydrogen-bond donors (Lipinski definition) is 1. The van der Waals surface area contributed by atoms with E-state index in [0.717, 1.165) is 4.68 Å². The zero-order valence-corrected chi connectivity index (χ0v) is 12.7. The van der Waals surface area contributed by atoms with Crippen molar-refractivity contribution in [3.05, 3.63) is 64.1 Å². The molecule has 0 saturated heterocycles. The Hall–Kier alpha value is -2.37. The van der Waals surface area contributed by atoms with Crippen LogP contribution in [0.15, 0.2) is 48.5 Å². The van der Waals surface area contributed by atoms with Crippen molar-refractivity contribution in [3.8, 4) is 11.4 Å². The Bertz CT molecular complexity index is 860. The highest BCUT2D eigenvalue weighted by molar-refractivity contribution is 6.34. The Balaban J connectivity index is 2.05. The maximum atomic E-state index is 12.5. The highest BCUT2D eigenvalue weighted by atomic mass is 35.5. The molecule has 0 fully saturated rings. The number of anilines is 1. The molecule has 0 amide bonds. The van der Waals surface area contributed by atoms with E-state index in [9.17, 15) is 4.79 Å². The van der Waals surface area contributed by atoms with Crippen molar-refractivity contribution in [1.29, 1.82) is 0 Å². The van der Waals surface area contributed by atoms with Crippen LogP contribution in [0.5, 0.6) is 0 Å². The monoisotopic (exact) mass is 332 g/mol. The molecule has 0 aliphatic heterocycles. The zero-order valence-electron chi connectivity index (χ0n) is 11.2. The van der Waals surface area contributed by atoms with Crippen LogP contribution >= 0.6 is 23.2 Å². The van der Waals surface area contributed by atoms with Crippen LogP contribution in [0.4, 0.5) is 5.95 Å². The maximum Gasteiger partial charge on any atom is 0.282 e. The van der Waals surface area contributed by atoms with Gasteiger partial charge in [0.1, 0.15) is 0 Å². The Morgan fingerprint density at radius 2 is 1.64 bits per heavy atom. The molecule has 0 unspecified atom stereocenters. The normalized spacial score (nSPS) is 10.6. The largest absolute Gasteiger partial charge is 0.368 e. The van der Waals surface area contributed by atoms with Gasteiger partial charge >= 0.3 is 0 Å². The van der Waals surface area contributed by atoms with E-state index >= 15 is 0 Å². The smallest absolute Gasteiger partial charge is 0.282 e. The molecule has 0 bridgehead atoms. The van der Waals surface area contributed by atoms with Crippen molar-refractivity contribution in [2.75, 3.05) is 5.73 Å². The number of carbonyl (C=O) groups is 1. The van der Waals surface area contributed by atoms with Crippen molar-refractivity contribution >= 4 is 35.1 Å². The van der Waals surface area contributed by atoms with Crippen LogP contribution in [0.3, 0.4) is 0 Å². The molecule has 0 aliphatic rings. The fourth-order valence-electron chi connectivity index (χ4n) is 1.98. The first-order chi connectivity index (χ1) is 10.6. The van der Waals surface area contributed by atoms with Gasteiger partial charge in [0.05, 0.1) is 15.6 Å². The molecule has 3 aromatic rings. The molecule has 0 aliphatic carbocycles. The van der Waals surface area contributed by atoms with Gasteiger partial charge in [0.15, 0.2) is 5.82 Å². The molecule has 5 nitrogen and oxygen atoms in total. The van der Waals surface area contributed by atoms with Crippen LogP contribution in [-0.4, -0.2) is 20.7 Å². The number of carbonyl (C=O) groups excluding carboxylic acids is 1. The lowest BCUT2D eigenvalue weighted by Crippen LogP contribution is -2.16. The minimum absolute atomic E-state index is 0.0279. The van der Waals surface area contributed by atoms with Gasteiger partial charge < -0.3 is 5.73 Å². The van der Waals surface area contributed by atoms with Gasteiger partial charge in [-0.05, 0) is 24.3 Å². The van der Waals surface area contributed by atoms with Gasteiger partial charge in [-0.25, -0.2) is 0 Å². The average molecular weight is 333 g/mol. The summed E-state index contributed by atoms with van der Waals surface area (Å²) in [6, 6.07) is 13.7. The first-order valence-corrected chi connectivity index (χ1v) is 7.10. The van der Waals surface area contributed by atoms with Crippen LogP contribution < -0.4 is 5.73 Å². The van der Waals surface area contributed by atoms with E-state index in [1.165, 1.54) is 0 Å². The standard InChI is InChI=1S/C15H10Cl2N4O/c16-11-7-3-1-5-9(11)13-19-15(18)21(20-13)14(22)10-6-2-4-8-12(10)17/h1-8H,(H2,18,19,20). The van der Waals surface area contributed by atoms with Crippen molar-refractivity contribution < 1.29 is 4.79 Å². The number of halogens is 2. The molecule has 0 radical (unpaired) electrons. The zero-order chi connectivity index (χ0) is 15.7. The van der Waals surface area contributed by atoms with Gasteiger partial charge in [0, 0.05) is 5.56 Å². The molecule has 22 heavy (non-hydrogen) atoms. The van der Waals surface area contributed by atoms with Crippen molar-refractivity contribution in [2.45, 2.75) is 0 Å². The molecular weight excluding hydrogens is 323 g/mol. The van der Waals surface area contributed by atoms with Crippen molar-refractivity contribution in [3.63, 3.8) is 0 Å². The van der Waals surface area contributed by atoms with E-state index in [4.69, 9.17) is 28.9 Å². The summed E-state index contributed by atoms with van der Waals surface area (Å²) in [6.07, 6.45) is 0. The van der Waals surface area contributed by atoms with Crippen LogP contribution in [-0.2, 0) is 0 Å². The van der Waals surface area contributed by atoms with Crippen molar-refractivity contribution in [1.82, 2.24) is 14.8 Å². The maximum absolute atomic E-state index is 12.5. The summed E-state index contributed by atoms with van der Waals surface area (Å²) in [6.45, 7) is 0. The number of benzene rings is 2. The summed E-state index contributed by atoms with van der Waals surface area (Å²) in [7, 11) is 0. The van der Waals surface area contributed by atoms with Crippen LogP contribution in [0.1, 0.15) is 10.4 Å². The third kappa shape index (κ3) is 2.56. The number of nitrogens with zero attached hydrogens (tertiary/aromatic N) is 3. The lowest BCUT2D eigenvalue weighted by Gasteiger charge is -2.03. The first kappa shape index (κ1) is 14.6. The van der Waals surface area contributed by atoms with E-state index in [1.807, 2.05) is 0 Å². The highest BCUT2D eigenvalue weighted by Gasteiger charge is 2.19. The van der Waals surface area contributed by atoms with Crippen molar-refractivity contribution in [2.24, 2.45) is 0 Å². The Labute approximate surface area is 136 Å². The summed E-state index contributed by atoms with van der Waals surface area (Å²) >= 11 is 12.1. The van der Waals surface area contributed by atoms with Gasteiger partial charge in [0.2, 0.25) is 5.95 Å². The topological polar surface area (TPSA) is 73.8 Å². The lowest BCUT2D eigenvalue weighted by atomic mass is 10.2. The second-order valence-corrected chi connectivity index (χ2v) is 5.28. The van der Waals surface area contributed by atoms with E-state index < -0.39 is 5.91 Å². The molecule has 0 saturated carbocycles. The van der Waals surface area contributed by atoms with Gasteiger partial charge in [0.25, 0.3) is 5.91 Å². The van der Waals surface area contributed by atoms with Gasteiger partial charge in [-0.3, -0.25) is 4.79 Å². The Kier molecular flexibility index (Phi) is 3.83. The average Bonchev–Trinajstić information content (AvgIpc) is 2.89. The second kappa shape index (κ2) is 5.79. The molecular formula is C15H10Cl2N4O. The molecule has 0 atom stereocenters. The second-order valence-electron chi connectivity index (χ2n) is 4.47. The number of nitrogen functional groups attached to an aromatic ring is 1. The third-order valence-electron chi connectivity index (χ3n) is 3.04. The Morgan fingerprint density at radius 3 is 2.32 bits per heavy atom. The number of nitrogens with two attached hydrogens (primary N) is 1. The molecule has 1 aromatic heterocycles. The van der Waals surface area contributed by atoms with Gasteiger partial charge in [-0.2, -0.15) is 9.67 Å². The number of hydrogen-bond acceptors (Lipinski definition) is 4. The third-order valence-corrected chi connectivity index (χ3v) is 3.70. The van der Waals surface area contributed by atoms with Crippen LogP contribution in [0.25, 0.3) is 11.4 Å². The first-order valence-electron chi connectivity index (χ1n) is 6.34. The molecule has 110 valence electrons. The van der Waals surface area contributed by atoms with E-state index in [0.29, 0.717) is 21.2 Å². The van der Waals surface area contributed by atoms with E-state index in [2.05, 4.69) is 10.1 Å². The SMILES string of the molecule is Nc1nc(-c2ccccc2Cl)nn1C(=O)c1ccccc1Cl. The van der Waals surface area contributed by atoms with E-state index in [-0.39, 0.29) is 11.8 Å². The summed E-state index contributed by atoms with van der Waals surface area (Å²) in [5, 5.41) is 4.94. The minimum Gasteiger partial charge on any atom is -0.368 e. The fourth-order valence-corrected chi connectivity index (χ4v) is 2.42. The van der Waals surface area contributed by atoms with Gasteiger partial charge in [-0.15, -0.1) is 5.10 Å². The molecule has 7 heteroatoms. The Morgan fingerprint density at radius 1 is 1.00 bits per heavy atom. The predicted molar refractivity (Wildman–Crippen MR) is 86.1 cm³/mol. The summed E-state index contributed by atoms with van der Waals surface area (Å²) in [4.78, 5) is 16.6. The minimum atomic E-state index is -0.450.